The molecular formula is C15H18N2O. The van der Waals surface area contributed by atoms with Gasteiger partial charge in [0.1, 0.15) is 0 Å². The zero-order valence-corrected chi connectivity index (χ0v) is 10.9. The first kappa shape index (κ1) is 12.6. The first-order chi connectivity index (χ1) is 8.61. The minimum atomic E-state index is 0.0820. The lowest BCUT2D eigenvalue weighted by atomic mass is 9.94. The van der Waals surface area contributed by atoms with Gasteiger partial charge in [-0.15, -0.1) is 0 Å². The van der Waals surface area contributed by atoms with Crippen LogP contribution in [-0.2, 0) is 0 Å². The number of likely N-dealkylation sites (tertiary alicyclic amines) is 1. The molecular weight excluding hydrogens is 224 g/mol. The van der Waals surface area contributed by atoms with Gasteiger partial charge >= 0.3 is 0 Å². The van der Waals surface area contributed by atoms with Crippen molar-refractivity contribution < 1.29 is 4.79 Å². The van der Waals surface area contributed by atoms with Gasteiger partial charge in [0.2, 0.25) is 0 Å². The number of hydrogen-bond donors (Lipinski definition) is 0. The van der Waals surface area contributed by atoms with E-state index in [-0.39, 0.29) is 5.91 Å². The summed E-state index contributed by atoms with van der Waals surface area (Å²) in [6.07, 6.45) is 2.27. The van der Waals surface area contributed by atoms with Gasteiger partial charge in [0.25, 0.3) is 5.91 Å². The van der Waals surface area contributed by atoms with Gasteiger partial charge in [-0.25, -0.2) is 0 Å². The number of nitrogens with zero attached hydrogens (tertiary/aromatic N) is 2. The standard InChI is InChI=1S/C15H18N2O/c1-11-3-4-12(2)17(10-11)15(18)14-7-5-13(9-16)6-8-14/h5-8,11-12H,3-4,10H2,1-2H3. The van der Waals surface area contributed by atoms with Crippen molar-refractivity contribution in [3.63, 3.8) is 0 Å². The Kier molecular flexibility index (Phi) is 3.66. The second-order valence-corrected chi connectivity index (χ2v) is 5.18. The SMILES string of the molecule is CC1CCC(C)N(C(=O)c2ccc(C#N)cc2)C1. The van der Waals surface area contributed by atoms with Crippen LogP contribution in [0.2, 0.25) is 0 Å². The largest absolute Gasteiger partial charge is 0.336 e. The van der Waals surface area contributed by atoms with Crippen LogP contribution in [0, 0.1) is 17.2 Å². The number of nitriles is 1. The lowest BCUT2D eigenvalue weighted by Crippen LogP contribution is -2.44. The Balaban J connectivity index is 2.16. The number of carbonyl (C=O) groups excluding carboxylic acids is 1. The zero-order chi connectivity index (χ0) is 13.1. The van der Waals surface area contributed by atoms with Gasteiger partial charge in [-0.3, -0.25) is 4.79 Å². The molecule has 3 nitrogen and oxygen atoms in total. The molecule has 0 saturated carbocycles. The summed E-state index contributed by atoms with van der Waals surface area (Å²) in [5.74, 6) is 0.655. The molecule has 1 heterocycles. The highest BCUT2D eigenvalue weighted by Crippen LogP contribution is 2.23. The normalized spacial score (nSPS) is 23.5. The number of piperidine rings is 1. The van der Waals surface area contributed by atoms with Gasteiger partial charge < -0.3 is 4.90 Å². The van der Waals surface area contributed by atoms with Crippen LogP contribution in [0.15, 0.2) is 24.3 Å². The third-order valence-electron chi connectivity index (χ3n) is 3.64. The molecule has 0 N–H and O–H groups in total. The number of carbonyl (C=O) groups is 1. The minimum Gasteiger partial charge on any atom is -0.336 e. The highest BCUT2D eigenvalue weighted by atomic mass is 16.2. The number of rotatable bonds is 1. The van der Waals surface area contributed by atoms with Gasteiger partial charge in [-0.05, 0) is 49.9 Å². The lowest BCUT2D eigenvalue weighted by Gasteiger charge is -2.36. The number of benzene rings is 1. The van der Waals surface area contributed by atoms with Crippen LogP contribution in [0.25, 0.3) is 0 Å². The van der Waals surface area contributed by atoms with Gasteiger partial charge in [0.15, 0.2) is 0 Å². The van der Waals surface area contributed by atoms with Crippen molar-refractivity contribution in [1.29, 1.82) is 5.26 Å². The molecule has 1 aliphatic rings. The van der Waals surface area contributed by atoms with Crippen molar-refractivity contribution >= 4 is 5.91 Å². The first-order valence-electron chi connectivity index (χ1n) is 6.43. The fraction of sp³-hybridized carbons (Fsp3) is 0.467. The predicted molar refractivity (Wildman–Crippen MR) is 70.1 cm³/mol. The highest BCUT2D eigenvalue weighted by molar-refractivity contribution is 5.94. The fourth-order valence-electron chi connectivity index (χ4n) is 2.42. The van der Waals surface area contributed by atoms with E-state index in [4.69, 9.17) is 5.26 Å². The van der Waals surface area contributed by atoms with Crippen molar-refractivity contribution in [3.05, 3.63) is 35.4 Å². The molecule has 18 heavy (non-hydrogen) atoms. The van der Waals surface area contributed by atoms with Crippen LogP contribution in [0.1, 0.15) is 42.6 Å². The summed E-state index contributed by atoms with van der Waals surface area (Å²) < 4.78 is 0. The second-order valence-electron chi connectivity index (χ2n) is 5.18. The Morgan fingerprint density at radius 3 is 2.56 bits per heavy atom. The maximum Gasteiger partial charge on any atom is 0.254 e. The average Bonchev–Trinajstić information content (AvgIpc) is 2.41. The summed E-state index contributed by atoms with van der Waals surface area (Å²) in [5, 5.41) is 8.75. The maximum atomic E-state index is 12.4. The quantitative estimate of drug-likeness (QED) is 0.760. The topological polar surface area (TPSA) is 44.1 Å². The Morgan fingerprint density at radius 1 is 1.28 bits per heavy atom. The minimum absolute atomic E-state index is 0.0820. The number of amides is 1. The van der Waals surface area contributed by atoms with Crippen molar-refractivity contribution in [3.8, 4) is 6.07 Å². The molecule has 1 fully saturated rings. The van der Waals surface area contributed by atoms with Gasteiger partial charge in [0.05, 0.1) is 11.6 Å². The van der Waals surface area contributed by atoms with Crippen LogP contribution in [-0.4, -0.2) is 23.4 Å². The third-order valence-corrected chi connectivity index (χ3v) is 3.64. The van der Waals surface area contributed by atoms with Crippen molar-refractivity contribution in [2.24, 2.45) is 5.92 Å². The van der Waals surface area contributed by atoms with Crippen LogP contribution in [0.3, 0.4) is 0 Å². The summed E-state index contributed by atoms with van der Waals surface area (Å²) in [5.41, 5.74) is 1.27. The van der Waals surface area contributed by atoms with Crippen LogP contribution < -0.4 is 0 Å². The van der Waals surface area contributed by atoms with E-state index in [0.29, 0.717) is 23.1 Å². The fourth-order valence-corrected chi connectivity index (χ4v) is 2.42. The molecule has 0 spiro atoms. The molecule has 2 atom stereocenters. The Labute approximate surface area is 108 Å². The second kappa shape index (κ2) is 5.22. The van der Waals surface area contributed by atoms with E-state index in [9.17, 15) is 4.79 Å². The molecule has 2 rings (SSSR count). The van der Waals surface area contributed by atoms with Gasteiger partial charge in [0, 0.05) is 18.2 Å². The molecule has 0 radical (unpaired) electrons. The summed E-state index contributed by atoms with van der Waals surface area (Å²) in [6, 6.07) is 9.26. The van der Waals surface area contributed by atoms with E-state index < -0.39 is 0 Å². The van der Waals surface area contributed by atoms with E-state index in [0.717, 1.165) is 13.0 Å². The highest BCUT2D eigenvalue weighted by Gasteiger charge is 2.27. The molecule has 0 bridgehead atoms. The first-order valence-corrected chi connectivity index (χ1v) is 6.43. The predicted octanol–water partition coefficient (Wildman–Crippen LogP) is 2.82. The maximum absolute atomic E-state index is 12.4. The summed E-state index contributed by atoms with van der Waals surface area (Å²) in [6.45, 7) is 5.12. The van der Waals surface area contributed by atoms with Crippen LogP contribution >= 0.6 is 0 Å². The van der Waals surface area contributed by atoms with Crippen LogP contribution in [0.4, 0.5) is 0 Å². The Bertz CT molecular complexity index is 472. The lowest BCUT2D eigenvalue weighted by molar-refractivity contribution is 0.0574. The smallest absolute Gasteiger partial charge is 0.254 e. The summed E-state index contributed by atoms with van der Waals surface area (Å²) in [7, 11) is 0. The summed E-state index contributed by atoms with van der Waals surface area (Å²) in [4.78, 5) is 14.4. The number of hydrogen-bond acceptors (Lipinski definition) is 2. The molecule has 3 heteroatoms. The van der Waals surface area contributed by atoms with Crippen LogP contribution in [0.5, 0.6) is 0 Å². The van der Waals surface area contributed by atoms with Gasteiger partial charge in [-0.1, -0.05) is 6.92 Å². The Hall–Kier alpha value is -1.82. The molecule has 1 aromatic carbocycles. The molecule has 2 unspecified atom stereocenters. The van der Waals surface area contributed by atoms with E-state index >= 15 is 0 Å². The Morgan fingerprint density at radius 2 is 1.94 bits per heavy atom. The molecule has 1 amide bonds. The van der Waals surface area contributed by atoms with E-state index in [1.165, 1.54) is 6.42 Å². The van der Waals surface area contributed by atoms with Crippen molar-refractivity contribution in [1.82, 2.24) is 4.90 Å². The van der Waals surface area contributed by atoms with Gasteiger partial charge in [-0.2, -0.15) is 5.26 Å². The van der Waals surface area contributed by atoms with E-state index in [1.807, 2.05) is 4.90 Å². The molecule has 1 saturated heterocycles. The third kappa shape index (κ3) is 2.53. The monoisotopic (exact) mass is 242 g/mol. The van der Waals surface area contributed by atoms with Crippen molar-refractivity contribution in [2.45, 2.75) is 32.7 Å². The molecule has 94 valence electrons. The van der Waals surface area contributed by atoms with E-state index in [2.05, 4.69) is 19.9 Å². The zero-order valence-electron chi connectivity index (χ0n) is 10.9. The molecule has 0 aliphatic carbocycles. The van der Waals surface area contributed by atoms with Crippen molar-refractivity contribution in [2.75, 3.05) is 6.54 Å². The molecule has 1 aromatic rings. The summed E-state index contributed by atoms with van der Waals surface area (Å²) >= 11 is 0. The van der Waals surface area contributed by atoms with E-state index in [1.54, 1.807) is 24.3 Å². The molecule has 0 aromatic heterocycles. The average molecular weight is 242 g/mol. The molecule has 1 aliphatic heterocycles.